The molecule has 9 nitrogen and oxygen atoms in total. The molecule has 2 aromatic heterocycles. The summed E-state index contributed by atoms with van der Waals surface area (Å²) in [7, 11) is 0. The van der Waals surface area contributed by atoms with Crippen molar-refractivity contribution >= 4 is 5.91 Å². The molecule has 128 valence electrons. The van der Waals surface area contributed by atoms with Crippen LogP contribution in [-0.4, -0.2) is 30.6 Å². The van der Waals surface area contributed by atoms with Gasteiger partial charge in [-0.1, -0.05) is 18.2 Å². The lowest BCUT2D eigenvalue weighted by molar-refractivity contribution is 0.1000. The third kappa shape index (κ3) is 2.40. The number of rotatable bonds is 3. The van der Waals surface area contributed by atoms with E-state index in [4.69, 9.17) is 0 Å². The van der Waals surface area contributed by atoms with E-state index >= 15 is 0 Å². The normalized spacial score (nSPS) is 13.0. The van der Waals surface area contributed by atoms with Gasteiger partial charge < -0.3 is 0 Å². The smallest absolute Gasteiger partial charge is 0.266 e. The Morgan fingerprint density at radius 3 is 2.60 bits per heavy atom. The van der Waals surface area contributed by atoms with E-state index in [2.05, 4.69) is 20.7 Å². The fraction of sp³-hybridized carbons (Fsp3) is 0.250. The van der Waals surface area contributed by atoms with Crippen LogP contribution in [0.4, 0.5) is 0 Å². The van der Waals surface area contributed by atoms with E-state index in [1.807, 2.05) is 31.2 Å². The van der Waals surface area contributed by atoms with Crippen molar-refractivity contribution in [2.75, 3.05) is 5.43 Å². The van der Waals surface area contributed by atoms with Gasteiger partial charge in [-0.05, 0) is 37.8 Å². The molecule has 0 radical (unpaired) electrons. The first-order valence-electron chi connectivity index (χ1n) is 7.94. The molecule has 1 amide bonds. The molecule has 1 aliphatic rings. The zero-order valence-corrected chi connectivity index (χ0v) is 13.5. The van der Waals surface area contributed by atoms with E-state index in [9.17, 15) is 14.4 Å². The summed E-state index contributed by atoms with van der Waals surface area (Å²) in [6, 6.07) is 7.80. The minimum atomic E-state index is -0.742. The van der Waals surface area contributed by atoms with Gasteiger partial charge in [-0.25, -0.2) is 29.9 Å². The SMILES string of the molecule is Cc1ccccc1-n1nc(C(=O)Nn2c(=O)[nH][nH]c2=O)c2c1CCC2. The van der Waals surface area contributed by atoms with Gasteiger partial charge in [0.1, 0.15) is 0 Å². The zero-order chi connectivity index (χ0) is 17.6. The van der Waals surface area contributed by atoms with Crippen LogP contribution in [0.3, 0.4) is 0 Å². The number of para-hydroxylation sites is 1. The zero-order valence-electron chi connectivity index (χ0n) is 13.5. The van der Waals surface area contributed by atoms with Crippen molar-refractivity contribution in [2.45, 2.75) is 26.2 Å². The van der Waals surface area contributed by atoms with Crippen molar-refractivity contribution in [3.63, 3.8) is 0 Å². The standard InChI is InChI=1S/C16H16N6O3/c1-9-5-2-3-7-11(9)21-12-8-4-6-10(12)13(19-21)14(23)20-22-15(24)17-18-16(22)25/h2-3,5,7H,4,6,8H2,1H3,(H,17,24)(H,18,25)(H,20,23). The Hall–Kier alpha value is -3.36. The van der Waals surface area contributed by atoms with Gasteiger partial charge in [0.15, 0.2) is 5.69 Å². The number of amides is 1. The van der Waals surface area contributed by atoms with Gasteiger partial charge in [0.25, 0.3) is 5.91 Å². The molecule has 25 heavy (non-hydrogen) atoms. The van der Waals surface area contributed by atoms with Gasteiger partial charge in [-0.15, -0.1) is 4.68 Å². The monoisotopic (exact) mass is 340 g/mol. The van der Waals surface area contributed by atoms with E-state index in [0.29, 0.717) is 4.68 Å². The first-order chi connectivity index (χ1) is 12.1. The number of aromatic nitrogens is 5. The van der Waals surface area contributed by atoms with Crippen LogP contribution in [-0.2, 0) is 12.8 Å². The lowest BCUT2D eigenvalue weighted by Crippen LogP contribution is -2.38. The van der Waals surface area contributed by atoms with Gasteiger partial charge >= 0.3 is 11.4 Å². The van der Waals surface area contributed by atoms with Crippen LogP contribution in [0.1, 0.15) is 33.7 Å². The summed E-state index contributed by atoms with van der Waals surface area (Å²) in [4.78, 5) is 35.7. The molecule has 0 saturated carbocycles. The van der Waals surface area contributed by atoms with E-state index in [1.165, 1.54) is 0 Å². The number of carbonyl (C=O) groups is 1. The molecular formula is C16H16N6O3. The van der Waals surface area contributed by atoms with E-state index in [-0.39, 0.29) is 5.69 Å². The summed E-state index contributed by atoms with van der Waals surface area (Å²) in [5, 5.41) is 8.70. The third-order valence-electron chi connectivity index (χ3n) is 4.38. The van der Waals surface area contributed by atoms with Crippen LogP contribution in [0, 0.1) is 6.92 Å². The second-order valence-electron chi connectivity index (χ2n) is 5.96. The number of benzene rings is 1. The lowest BCUT2D eigenvalue weighted by atomic mass is 10.2. The summed E-state index contributed by atoms with van der Waals surface area (Å²) in [6.07, 6.45) is 2.50. The fourth-order valence-electron chi connectivity index (χ4n) is 3.19. The maximum Gasteiger partial charge on any atom is 0.363 e. The second kappa shape index (κ2) is 5.62. The number of aromatic amines is 2. The largest absolute Gasteiger partial charge is 0.363 e. The summed E-state index contributed by atoms with van der Waals surface area (Å²) < 4.78 is 2.38. The van der Waals surface area contributed by atoms with Gasteiger partial charge in [0.05, 0.1) is 5.69 Å². The topological polar surface area (TPSA) is 118 Å². The lowest BCUT2D eigenvalue weighted by Gasteiger charge is -2.08. The molecule has 1 aromatic carbocycles. The molecule has 3 aromatic rings. The molecule has 0 spiro atoms. The number of H-pyrrole nitrogens is 2. The number of nitrogens with one attached hydrogen (secondary N) is 3. The first-order valence-corrected chi connectivity index (χ1v) is 7.94. The third-order valence-corrected chi connectivity index (χ3v) is 4.38. The molecule has 0 fully saturated rings. The summed E-state index contributed by atoms with van der Waals surface area (Å²) in [5.41, 5.74) is 4.87. The Labute approximate surface area is 141 Å². The molecule has 1 aliphatic carbocycles. The van der Waals surface area contributed by atoms with Gasteiger partial charge in [0.2, 0.25) is 0 Å². The Kier molecular flexibility index (Phi) is 3.41. The average Bonchev–Trinajstić information content (AvgIpc) is 3.27. The number of carbonyl (C=O) groups excluding carboxylic acids is 1. The summed E-state index contributed by atoms with van der Waals surface area (Å²) in [6.45, 7) is 1.98. The highest BCUT2D eigenvalue weighted by Gasteiger charge is 2.28. The molecule has 2 heterocycles. The van der Waals surface area contributed by atoms with Crippen LogP contribution in [0.2, 0.25) is 0 Å². The highest BCUT2D eigenvalue weighted by Crippen LogP contribution is 2.28. The Bertz CT molecular complexity index is 1060. The number of aryl methyl sites for hydroxylation is 1. The quantitative estimate of drug-likeness (QED) is 0.632. The molecule has 4 rings (SSSR count). The average molecular weight is 340 g/mol. The molecule has 9 heteroatoms. The maximum absolute atomic E-state index is 12.6. The minimum absolute atomic E-state index is 0.239. The van der Waals surface area contributed by atoms with Crippen molar-refractivity contribution in [3.8, 4) is 5.69 Å². The van der Waals surface area contributed by atoms with E-state index in [1.54, 1.807) is 4.68 Å². The molecule has 0 atom stereocenters. The van der Waals surface area contributed by atoms with Crippen LogP contribution in [0.25, 0.3) is 5.69 Å². The van der Waals surface area contributed by atoms with Gasteiger partial charge in [0, 0.05) is 11.3 Å². The van der Waals surface area contributed by atoms with Crippen LogP contribution in [0.5, 0.6) is 0 Å². The fourth-order valence-corrected chi connectivity index (χ4v) is 3.19. The van der Waals surface area contributed by atoms with Crippen LogP contribution >= 0.6 is 0 Å². The number of fused-ring (bicyclic) bond motifs is 1. The first kappa shape index (κ1) is 15.2. The molecule has 0 saturated heterocycles. The van der Waals surface area contributed by atoms with Crippen LogP contribution in [0.15, 0.2) is 33.9 Å². The van der Waals surface area contributed by atoms with E-state index in [0.717, 1.165) is 41.8 Å². The summed E-state index contributed by atoms with van der Waals surface area (Å²) >= 11 is 0. The Morgan fingerprint density at radius 2 is 1.88 bits per heavy atom. The van der Waals surface area contributed by atoms with Crippen molar-refractivity contribution < 1.29 is 4.79 Å². The van der Waals surface area contributed by atoms with Crippen molar-refractivity contribution in [3.05, 3.63) is 67.7 Å². The van der Waals surface area contributed by atoms with Gasteiger partial charge in [-0.2, -0.15) is 5.10 Å². The maximum atomic E-state index is 12.6. The van der Waals surface area contributed by atoms with Crippen LogP contribution < -0.4 is 16.8 Å². The molecule has 3 N–H and O–H groups in total. The number of hydrogen-bond acceptors (Lipinski definition) is 4. The second-order valence-corrected chi connectivity index (χ2v) is 5.96. The van der Waals surface area contributed by atoms with Crippen molar-refractivity contribution in [1.82, 2.24) is 24.7 Å². The predicted molar refractivity (Wildman–Crippen MR) is 89.7 cm³/mol. The highest BCUT2D eigenvalue weighted by molar-refractivity contribution is 5.99. The number of hydrogen-bond donors (Lipinski definition) is 3. The molecule has 0 bridgehead atoms. The van der Waals surface area contributed by atoms with E-state index < -0.39 is 17.3 Å². The molecular weight excluding hydrogens is 324 g/mol. The predicted octanol–water partition coefficient (Wildman–Crippen LogP) is 0.231. The number of nitrogens with zero attached hydrogens (tertiary/aromatic N) is 3. The van der Waals surface area contributed by atoms with Crippen molar-refractivity contribution in [2.24, 2.45) is 0 Å². The van der Waals surface area contributed by atoms with Crippen molar-refractivity contribution in [1.29, 1.82) is 0 Å². The molecule has 0 aliphatic heterocycles. The Morgan fingerprint density at radius 1 is 1.16 bits per heavy atom. The molecule has 0 unspecified atom stereocenters. The van der Waals surface area contributed by atoms with Gasteiger partial charge in [-0.3, -0.25) is 4.79 Å². The minimum Gasteiger partial charge on any atom is -0.266 e. The Balaban J connectivity index is 1.78. The highest BCUT2D eigenvalue weighted by atomic mass is 16.2. The summed E-state index contributed by atoms with van der Waals surface area (Å²) in [5.74, 6) is -0.585.